The van der Waals surface area contributed by atoms with Gasteiger partial charge in [0, 0.05) is 37.5 Å². The molecule has 6 nitrogen and oxygen atoms in total. The van der Waals surface area contributed by atoms with Crippen LogP contribution in [-0.2, 0) is 11.8 Å². The predicted molar refractivity (Wildman–Crippen MR) is 102 cm³/mol. The van der Waals surface area contributed by atoms with Gasteiger partial charge in [-0.25, -0.2) is 0 Å². The van der Waals surface area contributed by atoms with Crippen molar-refractivity contribution in [1.29, 1.82) is 0 Å². The molecule has 0 saturated carbocycles. The maximum Gasteiger partial charge on any atom is 0.246 e. The Hall–Kier alpha value is -2.67. The van der Waals surface area contributed by atoms with Crippen molar-refractivity contribution in [2.24, 2.45) is 7.05 Å². The molecule has 1 atom stereocenters. The first kappa shape index (κ1) is 16.8. The van der Waals surface area contributed by atoms with Crippen LogP contribution < -0.4 is 0 Å². The van der Waals surface area contributed by atoms with Crippen molar-refractivity contribution < 1.29 is 9.21 Å². The number of fused-ring (bicyclic) bond motifs is 1. The van der Waals surface area contributed by atoms with Crippen LogP contribution in [0.3, 0.4) is 0 Å². The lowest BCUT2D eigenvalue weighted by Crippen LogP contribution is -2.38. The number of likely N-dealkylation sites (tertiary alicyclic amines) is 1. The number of para-hydroxylation sites is 1. The lowest BCUT2D eigenvalue weighted by atomic mass is 9.97. The van der Waals surface area contributed by atoms with E-state index in [-0.39, 0.29) is 11.8 Å². The minimum Gasteiger partial charge on any atom is -0.457 e. The van der Waals surface area contributed by atoms with Gasteiger partial charge in [0.1, 0.15) is 17.2 Å². The third-order valence-corrected chi connectivity index (χ3v) is 5.21. The van der Waals surface area contributed by atoms with Crippen LogP contribution in [0.4, 0.5) is 0 Å². The van der Waals surface area contributed by atoms with Gasteiger partial charge in [-0.05, 0) is 43.3 Å². The number of carbonyl (C=O) groups is 1. The highest BCUT2D eigenvalue weighted by Gasteiger charge is 2.26. The van der Waals surface area contributed by atoms with Crippen LogP contribution in [-0.4, -0.2) is 38.7 Å². The topological polar surface area (TPSA) is 67.1 Å². The normalized spacial score (nSPS) is 18.0. The molecule has 1 saturated heterocycles. The minimum atomic E-state index is -0.00746. The maximum absolute atomic E-state index is 12.6. The molecule has 2 aromatic heterocycles. The summed E-state index contributed by atoms with van der Waals surface area (Å²) in [4.78, 5) is 14.5. The van der Waals surface area contributed by atoms with Gasteiger partial charge in [0.2, 0.25) is 5.91 Å². The molecule has 134 valence electrons. The SMILES string of the molecule is Cn1c(C2CCCN(C(=O)C=Cc3cc4ccccc4o3)C2)n[nH]c1=S. The number of carbonyl (C=O) groups excluding carboxylic acids is 1. The monoisotopic (exact) mass is 368 g/mol. The van der Waals surface area contributed by atoms with E-state index in [0.717, 1.165) is 36.2 Å². The summed E-state index contributed by atoms with van der Waals surface area (Å²) < 4.78 is 8.22. The lowest BCUT2D eigenvalue weighted by Gasteiger charge is -2.31. The summed E-state index contributed by atoms with van der Waals surface area (Å²) in [5, 5.41) is 8.18. The van der Waals surface area contributed by atoms with Crippen LogP contribution in [0.1, 0.15) is 30.3 Å². The Bertz CT molecular complexity index is 997. The number of furan rings is 1. The van der Waals surface area contributed by atoms with Crippen molar-refractivity contribution in [3.05, 3.63) is 52.8 Å². The zero-order valence-corrected chi connectivity index (χ0v) is 15.3. The van der Waals surface area contributed by atoms with E-state index < -0.39 is 0 Å². The number of nitrogens with one attached hydrogen (secondary N) is 1. The van der Waals surface area contributed by atoms with Crippen molar-refractivity contribution in [2.75, 3.05) is 13.1 Å². The van der Waals surface area contributed by atoms with Crippen LogP contribution in [0.5, 0.6) is 0 Å². The highest BCUT2D eigenvalue weighted by atomic mass is 32.1. The molecule has 3 aromatic rings. The molecule has 26 heavy (non-hydrogen) atoms. The van der Waals surface area contributed by atoms with Crippen LogP contribution in [0.15, 0.2) is 40.8 Å². The second-order valence-electron chi connectivity index (χ2n) is 6.59. The zero-order chi connectivity index (χ0) is 18.1. The molecule has 1 aliphatic heterocycles. The number of H-pyrrole nitrogens is 1. The predicted octanol–water partition coefficient (Wildman–Crippen LogP) is 3.64. The van der Waals surface area contributed by atoms with E-state index in [4.69, 9.17) is 16.6 Å². The summed E-state index contributed by atoms with van der Waals surface area (Å²) in [5.41, 5.74) is 0.823. The van der Waals surface area contributed by atoms with E-state index >= 15 is 0 Å². The zero-order valence-electron chi connectivity index (χ0n) is 14.5. The Kier molecular flexibility index (Phi) is 4.46. The number of piperidine rings is 1. The molecule has 1 unspecified atom stereocenters. The van der Waals surface area contributed by atoms with Gasteiger partial charge < -0.3 is 13.9 Å². The summed E-state index contributed by atoms with van der Waals surface area (Å²) in [6.07, 6.45) is 5.28. The average Bonchev–Trinajstić information content (AvgIpc) is 3.23. The molecular weight excluding hydrogens is 348 g/mol. The second-order valence-corrected chi connectivity index (χ2v) is 6.98. The first-order chi connectivity index (χ1) is 12.6. The largest absolute Gasteiger partial charge is 0.457 e. The van der Waals surface area contributed by atoms with Gasteiger partial charge in [-0.2, -0.15) is 5.10 Å². The van der Waals surface area contributed by atoms with E-state index in [1.54, 1.807) is 12.2 Å². The lowest BCUT2D eigenvalue weighted by molar-refractivity contribution is -0.127. The van der Waals surface area contributed by atoms with E-state index in [0.29, 0.717) is 17.1 Å². The Morgan fingerprint density at radius 1 is 1.42 bits per heavy atom. The molecule has 1 fully saturated rings. The number of aromatic nitrogens is 3. The van der Waals surface area contributed by atoms with Gasteiger partial charge in [-0.15, -0.1) is 0 Å². The summed E-state index contributed by atoms with van der Waals surface area (Å²) in [5.74, 6) is 1.79. The summed E-state index contributed by atoms with van der Waals surface area (Å²) in [7, 11) is 1.91. The van der Waals surface area contributed by atoms with Crippen molar-refractivity contribution in [3.63, 3.8) is 0 Å². The molecule has 1 aromatic carbocycles. The summed E-state index contributed by atoms with van der Waals surface area (Å²) >= 11 is 5.19. The summed E-state index contributed by atoms with van der Waals surface area (Å²) in [6, 6.07) is 9.74. The Morgan fingerprint density at radius 2 is 2.27 bits per heavy atom. The smallest absolute Gasteiger partial charge is 0.246 e. The Morgan fingerprint density at radius 3 is 3.04 bits per heavy atom. The van der Waals surface area contributed by atoms with Gasteiger partial charge in [0.25, 0.3) is 0 Å². The molecule has 4 rings (SSSR count). The fraction of sp³-hybridized carbons (Fsp3) is 0.316. The van der Waals surface area contributed by atoms with Crippen LogP contribution in [0, 0.1) is 4.77 Å². The first-order valence-corrected chi connectivity index (χ1v) is 9.09. The van der Waals surface area contributed by atoms with Gasteiger partial charge in [0.15, 0.2) is 4.77 Å². The third kappa shape index (κ3) is 3.22. The number of hydrogen-bond donors (Lipinski definition) is 1. The fourth-order valence-corrected chi connectivity index (χ4v) is 3.59. The van der Waals surface area contributed by atoms with Crippen molar-refractivity contribution in [2.45, 2.75) is 18.8 Å². The molecule has 1 amide bonds. The molecule has 7 heteroatoms. The molecule has 0 aliphatic carbocycles. The van der Waals surface area contributed by atoms with Crippen molar-refractivity contribution in [1.82, 2.24) is 19.7 Å². The highest BCUT2D eigenvalue weighted by molar-refractivity contribution is 7.71. The third-order valence-electron chi connectivity index (χ3n) is 4.85. The maximum atomic E-state index is 12.6. The average molecular weight is 368 g/mol. The van der Waals surface area contributed by atoms with Gasteiger partial charge >= 0.3 is 0 Å². The summed E-state index contributed by atoms with van der Waals surface area (Å²) in [6.45, 7) is 1.41. The van der Waals surface area contributed by atoms with E-state index in [9.17, 15) is 4.79 Å². The number of aromatic amines is 1. The van der Waals surface area contributed by atoms with Gasteiger partial charge in [-0.1, -0.05) is 18.2 Å². The van der Waals surface area contributed by atoms with Crippen LogP contribution in [0.25, 0.3) is 17.0 Å². The van der Waals surface area contributed by atoms with Gasteiger partial charge in [0.05, 0.1) is 0 Å². The molecule has 0 spiro atoms. The molecular formula is C19H20N4O2S. The quantitative estimate of drug-likeness (QED) is 0.566. The van der Waals surface area contributed by atoms with Crippen molar-refractivity contribution in [3.8, 4) is 0 Å². The first-order valence-electron chi connectivity index (χ1n) is 8.68. The van der Waals surface area contributed by atoms with Crippen molar-refractivity contribution >= 4 is 35.2 Å². The van der Waals surface area contributed by atoms with E-state index in [2.05, 4.69) is 10.2 Å². The molecule has 0 radical (unpaired) electrons. The van der Waals surface area contributed by atoms with E-state index in [1.165, 1.54) is 0 Å². The standard InChI is InChI=1S/C19H20N4O2S/c1-22-18(20-21-19(22)26)14-6-4-10-23(12-14)17(24)9-8-15-11-13-5-2-3-7-16(13)25-15/h2-3,5,7-9,11,14H,4,6,10,12H2,1H3,(H,21,26). The minimum absolute atomic E-state index is 0.00746. The molecule has 3 heterocycles. The molecule has 0 bridgehead atoms. The van der Waals surface area contributed by atoms with E-state index in [1.807, 2.05) is 46.8 Å². The number of rotatable bonds is 3. The molecule has 1 aliphatic rings. The number of amides is 1. The highest BCUT2D eigenvalue weighted by Crippen LogP contribution is 2.26. The Labute approximate surface area is 156 Å². The number of nitrogens with zero attached hydrogens (tertiary/aromatic N) is 3. The number of benzene rings is 1. The Balaban J connectivity index is 1.47. The van der Waals surface area contributed by atoms with Gasteiger partial charge in [-0.3, -0.25) is 9.89 Å². The second kappa shape index (κ2) is 6.92. The van der Waals surface area contributed by atoms with Crippen LogP contribution in [0.2, 0.25) is 0 Å². The molecule has 1 N–H and O–H groups in total. The van der Waals surface area contributed by atoms with Crippen LogP contribution >= 0.6 is 12.2 Å². The number of hydrogen-bond acceptors (Lipinski definition) is 4. The fourth-order valence-electron chi connectivity index (χ4n) is 3.46.